The van der Waals surface area contributed by atoms with Crippen molar-refractivity contribution >= 4 is 5.82 Å². The standard InChI is InChI=1S/C13H15FN4/c1-2-16-11(9-5-3-8-18-13(9)15)12-10(14)6-4-7-17-12/h3-8,11,16H,2H2,1H3,(H2,15,18). The van der Waals surface area contributed by atoms with Gasteiger partial charge < -0.3 is 11.1 Å². The van der Waals surface area contributed by atoms with Crippen LogP contribution in [0.1, 0.15) is 24.2 Å². The largest absolute Gasteiger partial charge is 0.383 e. The van der Waals surface area contributed by atoms with E-state index in [4.69, 9.17) is 5.73 Å². The molecule has 0 aromatic carbocycles. The Labute approximate surface area is 105 Å². The van der Waals surface area contributed by atoms with Crippen LogP contribution < -0.4 is 11.1 Å². The molecule has 0 amide bonds. The molecule has 2 aromatic rings. The van der Waals surface area contributed by atoms with Crippen LogP contribution in [-0.4, -0.2) is 16.5 Å². The SMILES string of the molecule is CCNC(c1cccnc1N)c1ncccc1F. The molecule has 2 heterocycles. The van der Waals surface area contributed by atoms with Crippen molar-refractivity contribution in [3.05, 3.63) is 53.7 Å². The molecule has 0 fully saturated rings. The number of nitrogens with zero attached hydrogens (tertiary/aromatic N) is 2. The van der Waals surface area contributed by atoms with Crippen LogP contribution in [0.2, 0.25) is 0 Å². The van der Waals surface area contributed by atoms with Gasteiger partial charge in [-0.05, 0) is 24.7 Å². The van der Waals surface area contributed by atoms with Gasteiger partial charge in [-0.3, -0.25) is 4.98 Å². The van der Waals surface area contributed by atoms with E-state index in [9.17, 15) is 4.39 Å². The van der Waals surface area contributed by atoms with Gasteiger partial charge >= 0.3 is 0 Å². The molecule has 0 radical (unpaired) electrons. The third-order valence-corrected chi connectivity index (χ3v) is 2.65. The topological polar surface area (TPSA) is 63.8 Å². The first-order valence-corrected chi connectivity index (χ1v) is 5.78. The summed E-state index contributed by atoms with van der Waals surface area (Å²) in [7, 11) is 0. The lowest BCUT2D eigenvalue weighted by Crippen LogP contribution is -2.25. The van der Waals surface area contributed by atoms with E-state index in [1.807, 2.05) is 13.0 Å². The first kappa shape index (κ1) is 12.4. The summed E-state index contributed by atoms with van der Waals surface area (Å²) >= 11 is 0. The molecule has 0 aliphatic rings. The molecular weight excluding hydrogens is 231 g/mol. The second kappa shape index (κ2) is 5.55. The summed E-state index contributed by atoms with van der Waals surface area (Å²) in [6.45, 7) is 2.62. The quantitative estimate of drug-likeness (QED) is 0.864. The molecule has 3 N–H and O–H groups in total. The summed E-state index contributed by atoms with van der Waals surface area (Å²) in [5.41, 5.74) is 6.90. The van der Waals surface area contributed by atoms with E-state index in [1.165, 1.54) is 6.07 Å². The van der Waals surface area contributed by atoms with Crippen molar-refractivity contribution in [2.75, 3.05) is 12.3 Å². The number of halogens is 1. The van der Waals surface area contributed by atoms with Gasteiger partial charge in [0.05, 0.1) is 11.7 Å². The predicted molar refractivity (Wildman–Crippen MR) is 68.4 cm³/mol. The van der Waals surface area contributed by atoms with Gasteiger partial charge in [0.2, 0.25) is 0 Å². The molecule has 1 atom stereocenters. The summed E-state index contributed by atoms with van der Waals surface area (Å²) in [6, 6.07) is 6.17. The molecule has 1 unspecified atom stereocenters. The second-order valence-electron chi connectivity index (χ2n) is 3.84. The minimum Gasteiger partial charge on any atom is -0.383 e. The number of rotatable bonds is 4. The minimum atomic E-state index is -0.384. The summed E-state index contributed by atoms with van der Waals surface area (Å²) in [5.74, 6) is 0.0280. The van der Waals surface area contributed by atoms with Crippen molar-refractivity contribution < 1.29 is 4.39 Å². The third kappa shape index (κ3) is 2.46. The van der Waals surface area contributed by atoms with E-state index in [2.05, 4.69) is 15.3 Å². The van der Waals surface area contributed by atoms with E-state index < -0.39 is 0 Å². The van der Waals surface area contributed by atoms with Crippen LogP contribution in [0.3, 0.4) is 0 Å². The highest BCUT2D eigenvalue weighted by atomic mass is 19.1. The number of hydrogen-bond donors (Lipinski definition) is 2. The number of nitrogen functional groups attached to an aromatic ring is 1. The summed E-state index contributed by atoms with van der Waals surface area (Å²) < 4.78 is 13.8. The van der Waals surface area contributed by atoms with Gasteiger partial charge in [-0.1, -0.05) is 13.0 Å². The van der Waals surface area contributed by atoms with Crippen molar-refractivity contribution in [1.29, 1.82) is 0 Å². The van der Waals surface area contributed by atoms with Crippen LogP contribution in [0.15, 0.2) is 36.7 Å². The fourth-order valence-electron chi connectivity index (χ4n) is 1.84. The van der Waals surface area contributed by atoms with Gasteiger partial charge in [0.1, 0.15) is 11.6 Å². The Morgan fingerprint density at radius 1 is 1.28 bits per heavy atom. The van der Waals surface area contributed by atoms with Gasteiger partial charge in [0.25, 0.3) is 0 Å². The Kier molecular flexibility index (Phi) is 3.84. The maximum Gasteiger partial charge on any atom is 0.146 e. The summed E-state index contributed by atoms with van der Waals surface area (Å²) in [5, 5.41) is 3.17. The lowest BCUT2D eigenvalue weighted by Gasteiger charge is -2.19. The first-order chi connectivity index (χ1) is 8.74. The van der Waals surface area contributed by atoms with Crippen LogP contribution in [0.4, 0.5) is 10.2 Å². The maximum atomic E-state index is 13.8. The molecule has 0 aliphatic carbocycles. The normalized spacial score (nSPS) is 12.3. The fraction of sp³-hybridized carbons (Fsp3) is 0.231. The van der Waals surface area contributed by atoms with Crippen molar-refractivity contribution in [3.8, 4) is 0 Å². The lowest BCUT2D eigenvalue weighted by molar-refractivity contribution is 0.543. The molecule has 18 heavy (non-hydrogen) atoms. The van der Waals surface area contributed by atoms with E-state index in [0.29, 0.717) is 18.1 Å². The van der Waals surface area contributed by atoms with Crippen LogP contribution in [0, 0.1) is 5.82 Å². The summed E-state index contributed by atoms with van der Waals surface area (Å²) in [4.78, 5) is 8.12. The van der Waals surface area contributed by atoms with E-state index in [0.717, 1.165) is 5.56 Å². The average Bonchev–Trinajstić information content (AvgIpc) is 2.38. The van der Waals surface area contributed by atoms with E-state index in [-0.39, 0.29) is 11.9 Å². The zero-order valence-corrected chi connectivity index (χ0v) is 10.1. The zero-order valence-electron chi connectivity index (χ0n) is 10.1. The molecule has 0 bridgehead atoms. The number of anilines is 1. The van der Waals surface area contributed by atoms with Crippen LogP contribution in [0.25, 0.3) is 0 Å². The van der Waals surface area contributed by atoms with Crippen molar-refractivity contribution in [3.63, 3.8) is 0 Å². The smallest absolute Gasteiger partial charge is 0.146 e. The molecule has 0 spiro atoms. The van der Waals surface area contributed by atoms with Crippen molar-refractivity contribution in [2.45, 2.75) is 13.0 Å². The molecule has 0 saturated heterocycles. The predicted octanol–water partition coefficient (Wildman–Crippen LogP) is 1.90. The fourth-order valence-corrected chi connectivity index (χ4v) is 1.84. The average molecular weight is 246 g/mol. The molecule has 2 rings (SSSR count). The highest BCUT2D eigenvalue weighted by molar-refractivity contribution is 5.44. The number of hydrogen-bond acceptors (Lipinski definition) is 4. The van der Waals surface area contributed by atoms with Crippen LogP contribution >= 0.6 is 0 Å². The number of pyridine rings is 2. The zero-order chi connectivity index (χ0) is 13.0. The van der Waals surface area contributed by atoms with Gasteiger partial charge in [0.15, 0.2) is 0 Å². The third-order valence-electron chi connectivity index (χ3n) is 2.65. The second-order valence-corrected chi connectivity index (χ2v) is 3.84. The Bertz CT molecular complexity index is 484. The highest BCUT2D eigenvalue weighted by Gasteiger charge is 2.20. The number of aromatic nitrogens is 2. The number of nitrogens with one attached hydrogen (secondary N) is 1. The van der Waals surface area contributed by atoms with Gasteiger partial charge in [-0.2, -0.15) is 0 Å². The Morgan fingerprint density at radius 2 is 2.00 bits per heavy atom. The monoisotopic (exact) mass is 246 g/mol. The molecule has 0 saturated carbocycles. The van der Waals surface area contributed by atoms with E-state index >= 15 is 0 Å². The molecular formula is C13H15FN4. The lowest BCUT2D eigenvalue weighted by atomic mass is 10.0. The molecule has 4 nitrogen and oxygen atoms in total. The van der Waals surface area contributed by atoms with Gasteiger partial charge in [-0.25, -0.2) is 9.37 Å². The first-order valence-electron chi connectivity index (χ1n) is 5.78. The maximum absolute atomic E-state index is 13.8. The molecule has 2 aromatic heterocycles. The van der Waals surface area contributed by atoms with Gasteiger partial charge in [-0.15, -0.1) is 0 Å². The van der Waals surface area contributed by atoms with E-state index in [1.54, 1.807) is 24.5 Å². The number of nitrogens with two attached hydrogens (primary N) is 1. The Hall–Kier alpha value is -2.01. The molecule has 0 aliphatic heterocycles. The summed E-state index contributed by atoms with van der Waals surface area (Å²) in [6.07, 6.45) is 3.17. The Morgan fingerprint density at radius 3 is 2.67 bits per heavy atom. The van der Waals surface area contributed by atoms with Crippen LogP contribution in [-0.2, 0) is 0 Å². The van der Waals surface area contributed by atoms with Crippen molar-refractivity contribution in [1.82, 2.24) is 15.3 Å². The molecule has 94 valence electrons. The van der Waals surface area contributed by atoms with Crippen LogP contribution in [0.5, 0.6) is 0 Å². The Balaban J connectivity index is 2.47. The van der Waals surface area contributed by atoms with Gasteiger partial charge in [0, 0.05) is 18.0 Å². The minimum absolute atomic E-state index is 0.332. The van der Waals surface area contributed by atoms with Crippen molar-refractivity contribution in [2.24, 2.45) is 0 Å². The molecule has 5 heteroatoms. The highest BCUT2D eigenvalue weighted by Crippen LogP contribution is 2.25.